The van der Waals surface area contributed by atoms with Crippen LogP contribution in [0.2, 0.25) is 0 Å². The predicted octanol–water partition coefficient (Wildman–Crippen LogP) is 4.91. The largest absolute Gasteiger partial charge is 0.506 e. The Labute approximate surface area is 185 Å². The first-order chi connectivity index (χ1) is 14.0. The maximum absolute atomic E-state index is 12.6. The molecule has 3 rings (SSSR count). The highest BCUT2D eigenvalue weighted by atomic mass is 35.5. The number of fused-ring (bicyclic) bond motifs is 1. The second-order valence-corrected chi connectivity index (χ2v) is 7.55. The molecule has 1 aromatic heterocycles. The van der Waals surface area contributed by atoms with Gasteiger partial charge in [-0.3, -0.25) is 9.69 Å². The van der Waals surface area contributed by atoms with Gasteiger partial charge < -0.3 is 15.2 Å². The normalized spacial score (nSPS) is 10.7. The molecule has 30 heavy (non-hydrogen) atoms. The number of rotatable bonds is 7. The van der Waals surface area contributed by atoms with Crippen LogP contribution in [0.4, 0.5) is 5.00 Å². The number of esters is 1. The highest BCUT2D eigenvalue weighted by molar-refractivity contribution is 7.24. The number of nitrogens with zero attached hydrogens (tertiary/aromatic N) is 1. The van der Waals surface area contributed by atoms with E-state index in [1.807, 2.05) is 12.1 Å². The number of benzene rings is 2. The third-order valence-corrected chi connectivity index (χ3v) is 5.98. The van der Waals surface area contributed by atoms with E-state index in [4.69, 9.17) is 4.74 Å². The van der Waals surface area contributed by atoms with E-state index in [2.05, 4.69) is 24.1 Å². The molecule has 0 aliphatic heterocycles. The number of hydrogen-bond acceptors (Lipinski definition) is 6. The summed E-state index contributed by atoms with van der Waals surface area (Å²) in [5.41, 5.74) is 1.51. The van der Waals surface area contributed by atoms with Gasteiger partial charge in [-0.15, -0.1) is 23.7 Å². The number of hydrogen-bond donors (Lipinski definition) is 2. The van der Waals surface area contributed by atoms with Crippen molar-refractivity contribution in [2.24, 2.45) is 0 Å². The van der Waals surface area contributed by atoms with Gasteiger partial charge >= 0.3 is 5.97 Å². The molecule has 8 heteroatoms. The van der Waals surface area contributed by atoms with Gasteiger partial charge in [-0.1, -0.05) is 44.2 Å². The van der Waals surface area contributed by atoms with Gasteiger partial charge in [-0.25, -0.2) is 4.79 Å². The highest BCUT2D eigenvalue weighted by Gasteiger charge is 2.24. The van der Waals surface area contributed by atoms with Crippen molar-refractivity contribution in [3.63, 3.8) is 0 Å². The Morgan fingerprint density at radius 2 is 1.77 bits per heavy atom. The molecule has 0 fully saturated rings. The number of halogens is 1. The van der Waals surface area contributed by atoms with Crippen LogP contribution < -0.4 is 5.32 Å². The van der Waals surface area contributed by atoms with Gasteiger partial charge in [0.25, 0.3) is 5.91 Å². The summed E-state index contributed by atoms with van der Waals surface area (Å²) in [6.07, 6.45) is 0. The summed E-state index contributed by atoms with van der Waals surface area (Å²) in [5.74, 6) is -0.759. The number of amides is 1. The van der Waals surface area contributed by atoms with Gasteiger partial charge in [-0.05, 0) is 25.2 Å². The van der Waals surface area contributed by atoms with Crippen LogP contribution in [0.5, 0.6) is 5.75 Å². The highest BCUT2D eigenvalue weighted by Crippen LogP contribution is 2.42. The lowest BCUT2D eigenvalue weighted by Gasteiger charge is -2.18. The van der Waals surface area contributed by atoms with E-state index in [1.165, 1.54) is 18.4 Å². The Bertz CT molecular complexity index is 1030. The molecule has 0 aliphatic carbocycles. The number of aromatic hydroxyl groups is 1. The summed E-state index contributed by atoms with van der Waals surface area (Å²) >= 11 is 1.17. The van der Waals surface area contributed by atoms with Crippen LogP contribution in [0.25, 0.3) is 10.1 Å². The van der Waals surface area contributed by atoms with E-state index in [1.54, 1.807) is 30.3 Å². The lowest BCUT2D eigenvalue weighted by molar-refractivity contribution is 0.0604. The second kappa shape index (κ2) is 10.4. The Kier molecular flexibility index (Phi) is 8.23. The number of anilines is 1. The molecule has 0 atom stereocenters. The van der Waals surface area contributed by atoms with E-state index in [9.17, 15) is 14.7 Å². The summed E-state index contributed by atoms with van der Waals surface area (Å²) in [7, 11) is 1.29. The van der Waals surface area contributed by atoms with E-state index in [-0.39, 0.29) is 29.6 Å². The van der Waals surface area contributed by atoms with Gasteiger partial charge in [0.2, 0.25) is 0 Å². The summed E-state index contributed by atoms with van der Waals surface area (Å²) in [4.78, 5) is 27.2. The Morgan fingerprint density at radius 1 is 1.10 bits per heavy atom. The van der Waals surface area contributed by atoms with Crippen molar-refractivity contribution in [2.45, 2.75) is 20.4 Å². The van der Waals surface area contributed by atoms with Crippen LogP contribution in [0.3, 0.4) is 0 Å². The molecule has 0 bridgehead atoms. The minimum absolute atomic E-state index is 0. The quantitative estimate of drug-likeness (QED) is 0.502. The van der Waals surface area contributed by atoms with Crippen molar-refractivity contribution in [1.82, 2.24) is 4.90 Å². The Morgan fingerprint density at radius 3 is 2.37 bits per heavy atom. The zero-order valence-electron chi connectivity index (χ0n) is 17.1. The van der Waals surface area contributed by atoms with Gasteiger partial charge in [0.1, 0.15) is 16.3 Å². The zero-order chi connectivity index (χ0) is 21.0. The maximum atomic E-state index is 12.6. The minimum Gasteiger partial charge on any atom is -0.506 e. The van der Waals surface area contributed by atoms with Gasteiger partial charge in [-0.2, -0.15) is 0 Å². The number of carbonyl (C=O) groups excluding carboxylic acids is 2. The molecule has 0 spiro atoms. The standard InChI is InChI=1S/C22H24N2O4S.ClH/c1-4-24(5-2)13-15-11-12-16-17(22(27)28-3)21(29-19(16)18(15)25)23-20(26)14-9-7-6-8-10-14;/h6-12,25H,4-5,13H2,1-3H3,(H,23,26);1H. The molecule has 3 aromatic rings. The zero-order valence-corrected chi connectivity index (χ0v) is 18.7. The molecular formula is C22H25ClN2O4S. The number of thiophene rings is 1. The van der Waals surface area contributed by atoms with Gasteiger partial charge in [0, 0.05) is 23.1 Å². The molecule has 0 unspecified atom stereocenters. The number of carbonyl (C=O) groups is 2. The van der Waals surface area contributed by atoms with Gasteiger partial charge in [0.05, 0.1) is 11.8 Å². The maximum Gasteiger partial charge on any atom is 0.341 e. The number of phenols is 1. The van der Waals surface area contributed by atoms with E-state index < -0.39 is 5.97 Å². The molecule has 1 heterocycles. The van der Waals surface area contributed by atoms with Gasteiger partial charge in [0.15, 0.2) is 0 Å². The number of methoxy groups -OCH3 is 1. The molecule has 0 saturated carbocycles. The molecular weight excluding hydrogens is 424 g/mol. The third kappa shape index (κ3) is 4.75. The molecule has 0 saturated heterocycles. The average molecular weight is 449 g/mol. The summed E-state index contributed by atoms with van der Waals surface area (Å²) in [6.45, 7) is 6.47. The van der Waals surface area contributed by atoms with Crippen LogP contribution in [0.15, 0.2) is 42.5 Å². The Hall–Kier alpha value is -2.61. The SMILES string of the molecule is CCN(CC)Cc1ccc2c(C(=O)OC)c(NC(=O)c3ccccc3)sc2c1O.Cl. The van der Waals surface area contributed by atoms with Crippen LogP contribution in [-0.4, -0.2) is 42.1 Å². The fraction of sp³-hybridized carbons (Fsp3) is 0.273. The fourth-order valence-corrected chi connectivity index (χ4v) is 4.31. The lowest BCUT2D eigenvalue weighted by atomic mass is 10.1. The number of nitrogens with one attached hydrogen (secondary N) is 1. The number of phenolic OH excluding ortho intramolecular Hbond substituents is 1. The first-order valence-corrected chi connectivity index (χ1v) is 10.3. The smallest absolute Gasteiger partial charge is 0.341 e. The van der Waals surface area contributed by atoms with Crippen LogP contribution in [0.1, 0.15) is 40.1 Å². The molecule has 160 valence electrons. The first kappa shape index (κ1) is 23.7. The van der Waals surface area contributed by atoms with E-state index in [0.717, 1.165) is 18.7 Å². The topological polar surface area (TPSA) is 78.9 Å². The average Bonchev–Trinajstić information content (AvgIpc) is 3.12. The molecule has 1 amide bonds. The molecule has 0 radical (unpaired) electrons. The second-order valence-electron chi connectivity index (χ2n) is 6.53. The van der Waals surface area contributed by atoms with Crippen molar-refractivity contribution >= 4 is 50.7 Å². The summed E-state index contributed by atoms with van der Waals surface area (Å²) in [5, 5.41) is 14.6. The third-order valence-electron chi connectivity index (χ3n) is 4.86. The summed E-state index contributed by atoms with van der Waals surface area (Å²) in [6, 6.07) is 12.4. The van der Waals surface area contributed by atoms with Crippen molar-refractivity contribution in [1.29, 1.82) is 0 Å². The van der Waals surface area contributed by atoms with E-state index >= 15 is 0 Å². The first-order valence-electron chi connectivity index (χ1n) is 9.44. The van der Waals surface area contributed by atoms with Crippen LogP contribution in [-0.2, 0) is 11.3 Å². The molecule has 6 nitrogen and oxygen atoms in total. The molecule has 0 aliphatic rings. The van der Waals surface area contributed by atoms with E-state index in [0.29, 0.717) is 27.2 Å². The minimum atomic E-state index is -0.560. The monoisotopic (exact) mass is 448 g/mol. The fourth-order valence-electron chi connectivity index (χ4n) is 3.16. The van der Waals surface area contributed by atoms with Crippen molar-refractivity contribution in [2.75, 3.05) is 25.5 Å². The lowest BCUT2D eigenvalue weighted by Crippen LogP contribution is -2.22. The molecule has 2 N–H and O–H groups in total. The van der Waals surface area contributed by atoms with Crippen molar-refractivity contribution in [3.8, 4) is 5.75 Å². The molecule has 2 aromatic carbocycles. The number of ether oxygens (including phenoxy) is 1. The summed E-state index contributed by atoms with van der Waals surface area (Å²) < 4.78 is 5.48. The van der Waals surface area contributed by atoms with Crippen LogP contribution in [0, 0.1) is 0 Å². The Balaban J connectivity index is 0.00000320. The van der Waals surface area contributed by atoms with Crippen LogP contribution >= 0.6 is 23.7 Å². The van der Waals surface area contributed by atoms with Crippen molar-refractivity contribution in [3.05, 3.63) is 59.2 Å². The predicted molar refractivity (Wildman–Crippen MR) is 123 cm³/mol. The van der Waals surface area contributed by atoms with Crippen molar-refractivity contribution < 1.29 is 19.4 Å².